The minimum atomic E-state index is -4.23. The van der Waals surface area contributed by atoms with E-state index in [1.807, 2.05) is 60.2 Å². The van der Waals surface area contributed by atoms with Gasteiger partial charge in [-0.1, -0.05) is 97.9 Å². The number of sulfonamides is 1. The molecule has 2 amide bonds. The summed E-state index contributed by atoms with van der Waals surface area (Å²) in [6.45, 7) is 4.45. The second-order valence-corrected chi connectivity index (χ2v) is 13.2. The number of rotatable bonds is 11. The molecule has 248 valence electrons. The standard InChI is InChI=1S/C38H35N5O5S/c1-3-12-34-41-35-26(2)32(40-37(44)30-15-8-5-9-16-30)23-39-36(35)43(34)24-27-19-21-29(22-20-27)31-17-10-11-18-33(31)49(46,47)42-38(45)48-25-28-13-6-4-7-14-28/h4-11,13-23H,3,12,24-25H2,1-2H3,(H,40,44)(H,42,45). The van der Waals surface area contributed by atoms with Gasteiger partial charge in [0, 0.05) is 23.1 Å². The zero-order valence-corrected chi connectivity index (χ0v) is 27.9. The van der Waals surface area contributed by atoms with Crippen molar-refractivity contribution in [2.45, 2.75) is 44.7 Å². The summed E-state index contributed by atoms with van der Waals surface area (Å²) in [7, 11) is -4.23. The van der Waals surface area contributed by atoms with Gasteiger partial charge in [0.25, 0.3) is 15.9 Å². The van der Waals surface area contributed by atoms with E-state index < -0.39 is 16.1 Å². The third-order valence-electron chi connectivity index (χ3n) is 8.07. The summed E-state index contributed by atoms with van der Waals surface area (Å²) < 4.78 is 35.8. The topological polar surface area (TPSA) is 132 Å². The number of aryl methyl sites for hydroxylation is 2. The van der Waals surface area contributed by atoms with Crippen LogP contribution < -0.4 is 10.0 Å². The molecule has 0 radical (unpaired) electrons. The number of nitrogens with one attached hydrogen (secondary N) is 2. The Hall–Kier alpha value is -5.81. The van der Waals surface area contributed by atoms with E-state index in [0.29, 0.717) is 34.6 Å². The molecule has 10 nitrogen and oxygen atoms in total. The second-order valence-electron chi connectivity index (χ2n) is 11.5. The van der Waals surface area contributed by atoms with Gasteiger partial charge in [0.2, 0.25) is 0 Å². The van der Waals surface area contributed by atoms with E-state index in [2.05, 4.69) is 16.8 Å². The summed E-state index contributed by atoms with van der Waals surface area (Å²) in [5.74, 6) is 0.664. The van der Waals surface area contributed by atoms with Crippen molar-refractivity contribution >= 4 is 38.9 Å². The molecule has 0 aliphatic carbocycles. The first-order valence-corrected chi connectivity index (χ1v) is 17.3. The van der Waals surface area contributed by atoms with Crippen LogP contribution in [0.4, 0.5) is 10.5 Å². The third kappa shape index (κ3) is 7.52. The SMILES string of the molecule is CCCc1nc2c(C)c(NC(=O)c3ccccc3)cnc2n1Cc1ccc(-c2ccccc2S(=O)(=O)NC(=O)OCc2ccccc2)cc1. The van der Waals surface area contributed by atoms with E-state index in [1.54, 1.807) is 60.8 Å². The molecule has 0 aliphatic rings. The van der Waals surface area contributed by atoms with E-state index >= 15 is 0 Å². The normalized spacial score (nSPS) is 11.3. The molecule has 6 rings (SSSR count). The highest BCUT2D eigenvalue weighted by Crippen LogP contribution is 2.29. The summed E-state index contributed by atoms with van der Waals surface area (Å²) in [5.41, 5.74) is 6.24. The van der Waals surface area contributed by atoms with E-state index in [1.165, 1.54) is 6.07 Å². The number of hydrogen-bond acceptors (Lipinski definition) is 7. The highest BCUT2D eigenvalue weighted by atomic mass is 32.2. The summed E-state index contributed by atoms with van der Waals surface area (Å²) in [4.78, 5) is 34.9. The predicted octanol–water partition coefficient (Wildman–Crippen LogP) is 7.27. The molecule has 0 saturated heterocycles. The third-order valence-corrected chi connectivity index (χ3v) is 9.44. The quantitative estimate of drug-likeness (QED) is 0.148. The zero-order valence-electron chi connectivity index (χ0n) is 27.1. The van der Waals surface area contributed by atoms with Crippen LogP contribution in [0, 0.1) is 6.92 Å². The molecule has 6 aromatic rings. The number of ether oxygens (including phenoxy) is 1. The zero-order chi connectivity index (χ0) is 34.4. The average Bonchev–Trinajstić information content (AvgIpc) is 3.46. The van der Waals surface area contributed by atoms with Crippen molar-refractivity contribution in [2.24, 2.45) is 0 Å². The fourth-order valence-electron chi connectivity index (χ4n) is 5.54. The number of imidazole rings is 1. The maximum absolute atomic E-state index is 13.3. The van der Waals surface area contributed by atoms with Crippen molar-refractivity contribution in [3.8, 4) is 11.1 Å². The van der Waals surface area contributed by atoms with Crippen LogP contribution in [-0.4, -0.2) is 35.0 Å². The molecule has 0 bridgehead atoms. The first kappa shape index (κ1) is 33.1. The predicted molar refractivity (Wildman–Crippen MR) is 189 cm³/mol. The van der Waals surface area contributed by atoms with Crippen LogP contribution in [0.2, 0.25) is 0 Å². The molecule has 2 heterocycles. The van der Waals surface area contributed by atoms with E-state index in [4.69, 9.17) is 14.7 Å². The lowest BCUT2D eigenvalue weighted by molar-refractivity contribution is 0.102. The Kier molecular flexibility index (Phi) is 9.82. The maximum atomic E-state index is 13.3. The summed E-state index contributed by atoms with van der Waals surface area (Å²) in [6, 6.07) is 32.1. The Bertz CT molecular complexity index is 2220. The molecule has 4 aromatic carbocycles. The Labute approximate surface area is 284 Å². The van der Waals surface area contributed by atoms with E-state index in [0.717, 1.165) is 40.9 Å². The number of anilines is 1. The van der Waals surface area contributed by atoms with Crippen molar-refractivity contribution < 1.29 is 22.7 Å². The first-order valence-electron chi connectivity index (χ1n) is 15.9. The molecule has 0 aliphatic heterocycles. The number of carbonyl (C=O) groups is 2. The Balaban J connectivity index is 1.21. The van der Waals surface area contributed by atoms with Crippen molar-refractivity contribution in [2.75, 3.05) is 5.32 Å². The van der Waals surface area contributed by atoms with Crippen LogP contribution in [0.1, 0.15) is 46.2 Å². The van der Waals surface area contributed by atoms with Gasteiger partial charge in [-0.05, 0) is 48.2 Å². The van der Waals surface area contributed by atoms with Crippen LogP contribution in [-0.2, 0) is 34.3 Å². The molecule has 2 aromatic heterocycles. The molecule has 11 heteroatoms. The molecule has 2 N–H and O–H groups in total. The Morgan fingerprint density at radius 1 is 0.837 bits per heavy atom. The van der Waals surface area contributed by atoms with Crippen LogP contribution in [0.5, 0.6) is 0 Å². The largest absolute Gasteiger partial charge is 0.444 e. The highest BCUT2D eigenvalue weighted by Gasteiger charge is 2.23. The van der Waals surface area contributed by atoms with Crippen LogP contribution in [0.25, 0.3) is 22.3 Å². The molecule has 0 unspecified atom stereocenters. The Morgan fingerprint density at radius 2 is 1.51 bits per heavy atom. The number of fused-ring (bicyclic) bond motifs is 1. The van der Waals surface area contributed by atoms with Gasteiger partial charge in [-0.2, -0.15) is 0 Å². The lowest BCUT2D eigenvalue weighted by Gasteiger charge is -2.13. The summed E-state index contributed by atoms with van der Waals surface area (Å²) in [6.07, 6.45) is 2.24. The van der Waals surface area contributed by atoms with Gasteiger partial charge in [-0.25, -0.2) is 27.9 Å². The van der Waals surface area contributed by atoms with Crippen molar-refractivity contribution in [1.29, 1.82) is 0 Å². The summed E-state index contributed by atoms with van der Waals surface area (Å²) in [5, 5.41) is 2.97. The lowest BCUT2D eigenvalue weighted by atomic mass is 10.0. The van der Waals surface area contributed by atoms with Crippen LogP contribution in [0.3, 0.4) is 0 Å². The minimum absolute atomic E-state index is 0.0416. The fraction of sp³-hybridized carbons (Fsp3) is 0.158. The lowest BCUT2D eigenvalue weighted by Crippen LogP contribution is -2.31. The second kappa shape index (κ2) is 14.5. The number of hydrogen-bond donors (Lipinski definition) is 2. The number of nitrogens with zero attached hydrogens (tertiary/aromatic N) is 3. The van der Waals surface area contributed by atoms with Gasteiger partial charge in [0.05, 0.1) is 23.3 Å². The van der Waals surface area contributed by atoms with E-state index in [9.17, 15) is 18.0 Å². The van der Waals surface area contributed by atoms with Gasteiger partial charge < -0.3 is 14.6 Å². The maximum Gasteiger partial charge on any atom is 0.421 e. The smallest absolute Gasteiger partial charge is 0.421 e. The van der Waals surface area contributed by atoms with Crippen LogP contribution >= 0.6 is 0 Å². The minimum Gasteiger partial charge on any atom is -0.444 e. The Morgan fingerprint density at radius 3 is 2.22 bits per heavy atom. The van der Waals surface area contributed by atoms with Gasteiger partial charge in [0.1, 0.15) is 17.9 Å². The monoisotopic (exact) mass is 673 g/mol. The number of pyridine rings is 1. The van der Waals surface area contributed by atoms with Gasteiger partial charge in [-0.15, -0.1) is 0 Å². The molecule has 0 saturated carbocycles. The first-order chi connectivity index (χ1) is 23.7. The van der Waals surface area contributed by atoms with Crippen LogP contribution in [0.15, 0.2) is 120 Å². The average molecular weight is 674 g/mol. The van der Waals surface area contributed by atoms with Gasteiger partial charge >= 0.3 is 6.09 Å². The van der Waals surface area contributed by atoms with Gasteiger partial charge in [-0.3, -0.25) is 4.79 Å². The van der Waals surface area contributed by atoms with Crippen molar-refractivity contribution in [1.82, 2.24) is 19.3 Å². The van der Waals surface area contributed by atoms with Gasteiger partial charge in [0.15, 0.2) is 5.65 Å². The molecular formula is C38H35N5O5S. The summed E-state index contributed by atoms with van der Waals surface area (Å²) >= 11 is 0. The van der Waals surface area contributed by atoms with Crippen molar-refractivity contribution in [3.63, 3.8) is 0 Å². The molecular weight excluding hydrogens is 639 g/mol. The van der Waals surface area contributed by atoms with Crippen molar-refractivity contribution in [3.05, 3.63) is 143 Å². The fourth-order valence-corrected chi connectivity index (χ4v) is 6.66. The molecule has 0 atom stereocenters. The molecule has 0 spiro atoms. The number of amides is 2. The number of carbonyl (C=O) groups excluding carboxylic acids is 2. The van der Waals surface area contributed by atoms with E-state index in [-0.39, 0.29) is 17.4 Å². The highest BCUT2D eigenvalue weighted by molar-refractivity contribution is 7.90. The number of aromatic nitrogens is 3. The number of benzene rings is 4. The molecule has 0 fully saturated rings. The molecule has 49 heavy (non-hydrogen) atoms.